The fourth-order valence-corrected chi connectivity index (χ4v) is 2.50. The maximum absolute atomic E-state index is 11.2. The monoisotopic (exact) mass is 261 g/mol. The minimum Gasteiger partial charge on any atom is -0.263 e. The predicted octanol–water partition coefficient (Wildman–Crippen LogP) is 2.82. The van der Waals surface area contributed by atoms with E-state index in [1.165, 1.54) is 12.4 Å². The van der Waals surface area contributed by atoms with Crippen LogP contribution in [0.2, 0.25) is 5.02 Å². The molecule has 0 N–H and O–H groups in total. The topological polar surface area (TPSA) is 47.0 Å². The predicted molar refractivity (Wildman–Crippen MR) is 59.8 cm³/mol. The van der Waals surface area contributed by atoms with Gasteiger partial charge in [0.1, 0.15) is 4.90 Å². The summed E-state index contributed by atoms with van der Waals surface area (Å²) in [6, 6.07) is 4.85. The maximum atomic E-state index is 11.2. The smallest absolute Gasteiger partial charge is 0.263 e. The zero-order chi connectivity index (χ0) is 11.1. The van der Waals surface area contributed by atoms with E-state index in [9.17, 15) is 8.42 Å². The summed E-state index contributed by atoms with van der Waals surface area (Å²) in [7, 11) is 1.50. The van der Waals surface area contributed by atoms with Crippen LogP contribution >= 0.6 is 22.3 Å². The number of benzene rings is 1. The summed E-state index contributed by atoms with van der Waals surface area (Å²) in [5, 5.41) is 1.68. The number of hydrogen-bond donors (Lipinski definition) is 0. The van der Waals surface area contributed by atoms with Crippen LogP contribution in [0.4, 0.5) is 0 Å². The average molecular weight is 262 g/mol. The van der Waals surface area contributed by atoms with Crippen molar-refractivity contribution in [1.82, 2.24) is 4.98 Å². The van der Waals surface area contributed by atoms with Gasteiger partial charge in [0, 0.05) is 38.9 Å². The van der Waals surface area contributed by atoms with Crippen LogP contribution in [-0.2, 0) is 9.05 Å². The third-order valence-corrected chi connectivity index (χ3v) is 3.53. The van der Waals surface area contributed by atoms with E-state index in [0.29, 0.717) is 15.8 Å². The Balaban J connectivity index is 2.89. The van der Waals surface area contributed by atoms with Crippen LogP contribution in [-0.4, -0.2) is 13.4 Å². The molecular formula is C9H5Cl2NO2S. The van der Waals surface area contributed by atoms with Crippen LogP contribution < -0.4 is 0 Å². The Kier molecular flexibility index (Phi) is 2.58. The van der Waals surface area contributed by atoms with Gasteiger partial charge in [-0.15, -0.1) is 0 Å². The molecular weight excluding hydrogens is 257 g/mol. The second-order valence-electron chi connectivity index (χ2n) is 2.94. The number of rotatable bonds is 1. The molecule has 1 aromatic heterocycles. The van der Waals surface area contributed by atoms with Crippen molar-refractivity contribution in [2.75, 3.05) is 0 Å². The molecule has 2 aromatic rings. The molecule has 0 radical (unpaired) electrons. The van der Waals surface area contributed by atoms with Crippen LogP contribution in [0.5, 0.6) is 0 Å². The third kappa shape index (κ3) is 2.07. The summed E-state index contributed by atoms with van der Waals surface area (Å²) in [4.78, 5) is 3.80. The van der Waals surface area contributed by atoms with E-state index in [0.717, 1.165) is 0 Å². The summed E-state index contributed by atoms with van der Waals surface area (Å²) in [6.45, 7) is 0. The van der Waals surface area contributed by atoms with Gasteiger partial charge in [-0.3, -0.25) is 4.98 Å². The van der Waals surface area contributed by atoms with Crippen molar-refractivity contribution >= 4 is 42.1 Å². The van der Waals surface area contributed by atoms with Crippen molar-refractivity contribution in [1.29, 1.82) is 0 Å². The highest BCUT2D eigenvalue weighted by Gasteiger charge is 2.14. The van der Waals surface area contributed by atoms with E-state index in [-0.39, 0.29) is 4.90 Å². The fourth-order valence-electron chi connectivity index (χ4n) is 1.31. The highest BCUT2D eigenvalue weighted by molar-refractivity contribution is 8.14. The van der Waals surface area contributed by atoms with Crippen LogP contribution in [0.15, 0.2) is 35.5 Å². The Bertz CT molecular complexity index is 625. The molecule has 0 unspecified atom stereocenters. The van der Waals surface area contributed by atoms with Crippen molar-refractivity contribution in [3.63, 3.8) is 0 Å². The lowest BCUT2D eigenvalue weighted by Gasteiger charge is -2.02. The Hall–Kier alpha value is -0.840. The van der Waals surface area contributed by atoms with Gasteiger partial charge in [-0.1, -0.05) is 17.7 Å². The second kappa shape index (κ2) is 3.63. The van der Waals surface area contributed by atoms with Crippen molar-refractivity contribution in [2.24, 2.45) is 0 Å². The van der Waals surface area contributed by atoms with Gasteiger partial charge in [-0.05, 0) is 12.1 Å². The number of nitrogens with zero attached hydrogens (tertiary/aromatic N) is 1. The average Bonchev–Trinajstić information content (AvgIpc) is 2.15. The molecule has 6 heteroatoms. The maximum Gasteiger partial charge on any atom is 0.263 e. The Labute approximate surface area is 96.1 Å². The molecule has 2 rings (SSSR count). The molecule has 78 valence electrons. The summed E-state index contributed by atoms with van der Waals surface area (Å²) in [5.74, 6) is 0. The van der Waals surface area contributed by atoms with Gasteiger partial charge >= 0.3 is 0 Å². The number of halogens is 2. The highest BCUT2D eigenvalue weighted by atomic mass is 35.7. The van der Waals surface area contributed by atoms with E-state index >= 15 is 0 Å². The van der Waals surface area contributed by atoms with Crippen molar-refractivity contribution in [3.8, 4) is 0 Å². The SMILES string of the molecule is O=S(=O)(Cl)c1cncc2cc(Cl)ccc12. The van der Waals surface area contributed by atoms with Crippen LogP contribution in [0, 0.1) is 0 Å². The lowest BCUT2D eigenvalue weighted by atomic mass is 10.2. The van der Waals surface area contributed by atoms with Crippen molar-refractivity contribution in [3.05, 3.63) is 35.6 Å². The lowest BCUT2D eigenvalue weighted by molar-refractivity contribution is 0.610. The number of fused-ring (bicyclic) bond motifs is 1. The zero-order valence-corrected chi connectivity index (χ0v) is 9.64. The standard InChI is InChI=1S/C9H5Cl2NO2S/c10-7-1-2-8-6(3-7)4-12-5-9(8)15(11,13)14/h1-5H. The van der Waals surface area contributed by atoms with Gasteiger partial charge in [0.15, 0.2) is 0 Å². The van der Waals surface area contributed by atoms with Crippen molar-refractivity contribution < 1.29 is 8.42 Å². The molecule has 15 heavy (non-hydrogen) atoms. The summed E-state index contributed by atoms with van der Waals surface area (Å²) in [6.07, 6.45) is 2.76. The van der Waals surface area contributed by atoms with Gasteiger partial charge in [-0.25, -0.2) is 8.42 Å². The molecule has 1 heterocycles. The van der Waals surface area contributed by atoms with Crippen LogP contribution in [0.1, 0.15) is 0 Å². The molecule has 0 aliphatic rings. The summed E-state index contributed by atoms with van der Waals surface area (Å²) < 4.78 is 22.4. The van der Waals surface area contributed by atoms with E-state index < -0.39 is 9.05 Å². The van der Waals surface area contributed by atoms with Gasteiger partial charge in [0.05, 0.1) is 0 Å². The molecule has 0 amide bonds. The Morgan fingerprint density at radius 3 is 2.60 bits per heavy atom. The van der Waals surface area contributed by atoms with Crippen LogP contribution in [0.25, 0.3) is 10.8 Å². The molecule has 0 atom stereocenters. The first-order valence-electron chi connectivity index (χ1n) is 3.96. The molecule has 0 saturated carbocycles. The highest BCUT2D eigenvalue weighted by Crippen LogP contribution is 2.26. The van der Waals surface area contributed by atoms with Gasteiger partial charge in [0.25, 0.3) is 9.05 Å². The Morgan fingerprint density at radius 2 is 1.93 bits per heavy atom. The largest absolute Gasteiger partial charge is 0.263 e. The number of aromatic nitrogens is 1. The summed E-state index contributed by atoms with van der Waals surface area (Å²) in [5.41, 5.74) is 0. The van der Waals surface area contributed by atoms with Gasteiger partial charge in [0.2, 0.25) is 0 Å². The van der Waals surface area contributed by atoms with E-state index in [1.54, 1.807) is 18.2 Å². The minimum absolute atomic E-state index is 0.00154. The Morgan fingerprint density at radius 1 is 1.20 bits per heavy atom. The second-order valence-corrected chi connectivity index (χ2v) is 5.91. The molecule has 0 aliphatic carbocycles. The molecule has 3 nitrogen and oxygen atoms in total. The molecule has 0 spiro atoms. The third-order valence-electron chi connectivity index (χ3n) is 1.95. The minimum atomic E-state index is -3.78. The van der Waals surface area contributed by atoms with Gasteiger partial charge in [-0.2, -0.15) is 0 Å². The van der Waals surface area contributed by atoms with E-state index in [4.69, 9.17) is 22.3 Å². The first-order valence-corrected chi connectivity index (χ1v) is 6.65. The molecule has 0 bridgehead atoms. The number of pyridine rings is 1. The quantitative estimate of drug-likeness (QED) is 0.742. The molecule has 0 fully saturated rings. The number of hydrogen-bond acceptors (Lipinski definition) is 3. The van der Waals surface area contributed by atoms with Crippen LogP contribution in [0.3, 0.4) is 0 Å². The first-order chi connectivity index (χ1) is 6.98. The molecule has 0 saturated heterocycles. The van der Waals surface area contributed by atoms with Crippen molar-refractivity contribution in [2.45, 2.75) is 4.90 Å². The van der Waals surface area contributed by atoms with E-state index in [1.807, 2.05) is 0 Å². The van der Waals surface area contributed by atoms with Gasteiger partial charge < -0.3 is 0 Å². The van der Waals surface area contributed by atoms with E-state index in [2.05, 4.69) is 4.98 Å². The molecule has 1 aromatic carbocycles. The fraction of sp³-hybridized carbons (Fsp3) is 0. The zero-order valence-electron chi connectivity index (χ0n) is 7.31. The molecule has 0 aliphatic heterocycles. The normalized spacial score (nSPS) is 11.9. The lowest BCUT2D eigenvalue weighted by Crippen LogP contribution is -1.93. The summed E-state index contributed by atoms with van der Waals surface area (Å²) >= 11 is 5.78. The first kappa shape index (κ1) is 10.7.